The van der Waals surface area contributed by atoms with E-state index in [0.717, 1.165) is 17.9 Å². The molecule has 0 radical (unpaired) electrons. The van der Waals surface area contributed by atoms with E-state index in [1.165, 1.54) is 11.1 Å². The second-order valence-electron chi connectivity index (χ2n) is 3.66. The van der Waals surface area contributed by atoms with Crippen LogP contribution in [-0.2, 0) is 0 Å². The summed E-state index contributed by atoms with van der Waals surface area (Å²) in [5.74, 6) is 0. The first kappa shape index (κ1) is 10.6. The van der Waals surface area contributed by atoms with Crippen molar-refractivity contribution < 1.29 is 0 Å². The Bertz CT molecular complexity index is 342. The Balaban J connectivity index is 3.08. The topological polar surface area (TPSA) is 29.3 Å². The molecule has 0 aliphatic carbocycles. The molecule has 0 saturated carbocycles. The molecule has 0 amide bonds. The van der Waals surface area contributed by atoms with Crippen molar-refractivity contribution in [2.24, 2.45) is 0 Å². The van der Waals surface area contributed by atoms with Gasteiger partial charge >= 0.3 is 0 Å². The van der Waals surface area contributed by atoms with Gasteiger partial charge in [0.15, 0.2) is 0 Å². The van der Waals surface area contributed by atoms with Crippen LogP contribution in [0.2, 0.25) is 0 Å². The van der Waals surface area contributed by atoms with Gasteiger partial charge in [0, 0.05) is 13.6 Å². The van der Waals surface area contributed by atoms with E-state index in [-0.39, 0.29) is 0 Å². The van der Waals surface area contributed by atoms with E-state index in [1.54, 1.807) is 0 Å². The molecule has 14 heavy (non-hydrogen) atoms. The average molecular weight is 190 g/mol. The first-order valence-corrected chi connectivity index (χ1v) is 4.75. The van der Waals surface area contributed by atoms with Gasteiger partial charge in [-0.1, -0.05) is 6.08 Å². The number of hydrogen-bond acceptors (Lipinski definition) is 2. The SMILES string of the molecule is C=CCN(C)c1cc(C)c(C)cc1N. The third-order valence-electron chi connectivity index (χ3n) is 2.46. The van der Waals surface area contributed by atoms with Crippen LogP contribution in [0.5, 0.6) is 0 Å². The second-order valence-corrected chi connectivity index (χ2v) is 3.66. The van der Waals surface area contributed by atoms with E-state index in [4.69, 9.17) is 5.73 Å². The minimum Gasteiger partial charge on any atom is -0.397 e. The predicted octanol–water partition coefficient (Wildman–Crippen LogP) is 2.51. The predicted molar refractivity (Wildman–Crippen MR) is 63.8 cm³/mol. The molecule has 0 atom stereocenters. The van der Waals surface area contributed by atoms with Crippen LogP contribution in [-0.4, -0.2) is 13.6 Å². The molecule has 0 bridgehead atoms. The Morgan fingerprint density at radius 1 is 1.36 bits per heavy atom. The van der Waals surface area contributed by atoms with Gasteiger partial charge in [-0.3, -0.25) is 0 Å². The molecule has 0 fully saturated rings. The number of anilines is 2. The van der Waals surface area contributed by atoms with Gasteiger partial charge in [-0.05, 0) is 37.1 Å². The van der Waals surface area contributed by atoms with Gasteiger partial charge in [0.1, 0.15) is 0 Å². The number of likely N-dealkylation sites (N-methyl/N-ethyl adjacent to an activating group) is 1. The Morgan fingerprint density at radius 2 is 1.93 bits per heavy atom. The number of nitrogen functional groups attached to an aromatic ring is 1. The van der Waals surface area contributed by atoms with Gasteiger partial charge in [0.05, 0.1) is 11.4 Å². The van der Waals surface area contributed by atoms with Crippen LogP contribution < -0.4 is 10.6 Å². The van der Waals surface area contributed by atoms with Crippen LogP contribution >= 0.6 is 0 Å². The maximum Gasteiger partial charge on any atom is 0.0603 e. The Kier molecular flexibility index (Phi) is 3.18. The monoisotopic (exact) mass is 190 g/mol. The lowest BCUT2D eigenvalue weighted by Gasteiger charge is -2.20. The molecule has 0 unspecified atom stereocenters. The Morgan fingerprint density at radius 3 is 2.50 bits per heavy atom. The molecule has 2 N–H and O–H groups in total. The third kappa shape index (κ3) is 2.08. The zero-order chi connectivity index (χ0) is 10.7. The van der Waals surface area contributed by atoms with E-state index in [2.05, 4.69) is 31.4 Å². The molecule has 0 spiro atoms. The van der Waals surface area contributed by atoms with Gasteiger partial charge in [0.2, 0.25) is 0 Å². The molecule has 0 saturated heterocycles. The number of nitrogens with two attached hydrogens (primary N) is 1. The lowest BCUT2D eigenvalue weighted by molar-refractivity contribution is 1.03. The summed E-state index contributed by atoms with van der Waals surface area (Å²) in [4.78, 5) is 2.09. The van der Waals surface area contributed by atoms with E-state index in [9.17, 15) is 0 Å². The largest absolute Gasteiger partial charge is 0.397 e. The molecule has 0 aliphatic heterocycles. The van der Waals surface area contributed by atoms with Gasteiger partial charge in [-0.15, -0.1) is 6.58 Å². The van der Waals surface area contributed by atoms with Crippen LogP contribution in [0.1, 0.15) is 11.1 Å². The summed E-state index contributed by atoms with van der Waals surface area (Å²) >= 11 is 0. The zero-order valence-electron chi connectivity index (χ0n) is 9.17. The lowest BCUT2D eigenvalue weighted by Crippen LogP contribution is -2.18. The summed E-state index contributed by atoms with van der Waals surface area (Å²) < 4.78 is 0. The highest BCUT2D eigenvalue weighted by molar-refractivity contribution is 5.69. The number of hydrogen-bond donors (Lipinski definition) is 1. The Hall–Kier alpha value is -1.44. The molecule has 0 heterocycles. The Labute approximate surface area is 86.0 Å². The van der Waals surface area contributed by atoms with Gasteiger partial charge in [-0.25, -0.2) is 0 Å². The van der Waals surface area contributed by atoms with Crippen molar-refractivity contribution >= 4 is 11.4 Å². The maximum atomic E-state index is 5.95. The minimum atomic E-state index is 0.812. The van der Waals surface area contributed by atoms with E-state index < -0.39 is 0 Å². The molecule has 0 aromatic heterocycles. The normalized spacial score (nSPS) is 9.93. The molecule has 2 heteroatoms. The highest BCUT2D eigenvalue weighted by Crippen LogP contribution is 2.25. The van der Waals surface area contributed by atoms with Gasteiger partial charge in [0.25, 0.3) is 0 Å². The quantitative estimate of drug-likeness (QED) is 0.586. The molecule has 1 aromatic carbocycles. The number of benzene rings is 1. The van der Waals surface area contributed by atoms with E-state index in [1.807, 2.05) is 19.2 Å². The van der Waals surface area contributed by atoms with E-state index in [0.29, 0.717) is 0 Å². The first-order valence-electron chi connectivity index (χ1n) is 4.75. The molecule has 76 valence electrons. The lowest BCUT2D eigenvalue weighted by atomic mass is 10.1. The molecule has 1 rings (SSSR count). The first-order chi connectivity index (χ1) is 6.56. The van der Waals surface area contributed by atoms with Crippen LogP contribution in [0, 0.1) is 13.8 Å². The third-order valence-corrected chi connectivity index (χ3v) is 2.46. The molecular weight excluding hydrogens is 172 g/mol. The van der Waals surface area contributed by atoms with Crippen LogP contribution in [0.4, 0.5) is 11.4 Å². The number of aryl methyl sites for hydroxylation is 2. The fourth-order valence-electron chi connectivity index (χ4n) is 1.45. The van der Waals surface area contributed by atoms with Crippen molar-refractivity contribution in [3.05, 3.63) is 35.9 Å². The van der Waals surface area contributed by atoms with Crippen LogP contribution in [0.25, 0.3) is 0 Å². The fourth-order valence-corrected chi connectivity index (χ4v) is 1.45. The summed E-state index contributed by atoms with van der Waals surface area (Å²) in [7, 11) is 2.02. The van der Waals surface area contributed by atoms with Crippen molar-refractivity contribution in [2.75, 3.05) is 24.2 Å². The van der Waals surface area contributed by atoms with Crippen molar-refractivity contribution in [3.63, 3.8) is 0 Å². The van der Waals surface area contributed by atoms with Gasteiger partial charge < -0.3 is 10.6 Å². The van der Waals surface area contributed by atoms with Gasteiger partial charge in [-0.2, -0.15) is 0 Å². The smallest absolute Gasteiger partial charge is 0.0603 e. The van der Waals surface area contributed by atoms with Crippen molar-refractivity contribution in [1.82, 2.24) is 0 Å². The standard InChI is InChI=1S/C12H18N2/c1-5-6-14(4)12-8-10(3)9(2)7-11(12)13/h5,7-8H,1,6,13H2,2-4H3. The molecule has 0 aliphatic rings. The molecule has 2 nitrogen and oxygen atoms in total. The van der Waals surface area contributed by atoms with Crippen molar-refractivity contribution in [1.29, 1.82) is 0 Å². The fraction of sp³-hybridized carbons (Fsp3) is 0.333. The highest BCUT2D eigenvalue weighted by atomic mass is 15.1. The second kappa shape index (κ2) is 4.18. The van der Waals surface area contributed by atoms with Crippen LogP contribution in [0.15, 0.2) is 24.8 Å². The summed E-state index contributed by atoms with van der Waals surface area (Å²) in [6, 6.07) is 4.14. The summed E-state index contributed by atoms with van der Waals surface area (Å²) in [5, 5.41) is 0. The van der Waals surface area contributed by atoms with Crippen molar-refractivity contribution in [3.8, 4) is 0 Å². The molecular formula is C12H18N2. The highest BCUT2D eigenvalue weighted by Gasteiger charge is 2.05. The minimum absolute atomic E-state index is 0.812. The van der Waals surface area contributed by atoms with Crippen molar-refractivity contribution in [2.45, 2.75) is 13.8 Å². The summed E-state index contributed by atoms with van der Waals surface area (Å²) in [5.41, 5.74) is 10.4. The number of nitrogens with zero attached hydrogens (tertiary/aromatic N) is 1. The van der Waals surface area contributed by atoms with Crippen LogP contribution in [0.3, 0.4) is 0 Å². The zero-order valence-corrected chi connectivity index (χ0v) is 9.17. The molecule has 1 aromatic rings. The summed E-state index contributed by atoms with van der Waals surface area (Å²) in [6.07, 6.45) is 1.87. The summed E-state index contributed by atoms with van der Waals surface area (Å²) in [6.45, 7) is 8.70. The average Bonchev–Trinajstić information content (AvgIpc) is 2.11. The number of rotatable bonds is 3. The maximum absolute atomic E-state index is 5.95. The van der Waals surface area contributed by atoms with E-state index >= 15 is 0 Å².